The largest absolute Gasteiger partial charge is 0.334 e. The van der Waals surface area contributed by atoms with Crippen LogP contribution in [0.25, 0.3) is 0 Å². The van der Waals surface area contributed by atoms with Gasteiger partial charge in [-0.15, -0.1) is 11.6 Å². The molecule has 1 rings (SSSR count). The molecule has 68 valence electrons. The second kappa shape index (κ2) is 4.51. The van der Waals surface area contributed by atoms with Crippen LogP contribution in [0, 0.1) is 5.92 Å². The molecule has 0 aliphatic carbocycles. The van der Waals surface area contributed by atoms with Crippen molar-refractivity contribution in [3.63, 3.8) is 0 Å². The summed E-state index contributed by atoms with van der Waals surface area (Å²) in [7, 11) is 0. The topological polar surface area (TPSA) is 17.8 Å². The molecule has 0 aliphatic rings. The Balaban J connectivity index is 2.63. The van der Waals surface area contributed by atoms with Crippen molar-refractivity contribution in [3.8, 4) is 0 Å². The minimum atomic E-state index is 0.660. The van der Waals surface area contributed by atoms with Crippen molar-refractivity contribution in [1.29, 1.82) is 0 Å². The van der Waals surface area contributed by atoms with E-state index < -0.39 is 0 Å². The highest BCUT2D eigenvalue weighted by Gasteiger charge is 2.02. The average Bonchev–Trinajstić information content (AvgIpc) is 2.37. The Morgan fingerprint density at radius 1 is 1.58 bits per heavy atom. The number of imidazole rings is 1. The second-order valence-corrected chi connectivity index (χ2v) is 3.75. The fourth-order valence-corrected chi connectivity index (χ4v) is 1.40. The summed E-state index contributed by atoms with van der Waals surface area (Å²) in [5.74, 6) is 1.33. The molecule has 1 aromatic rings. The molecule has 0 saturated carbocycles. The Kier molecular flexibility index (Phi) is 3.60. The smallest absolute Gasteiger partial charge is 0.0948 e. The maximum absolute atomic E-state index is 5.66. The van der Waals surface area contributed by atoms with E-state index in [1.54, 1.807) is 0 Å². The zero-order valence-corrected chi connectivity index (χ0v) is 8.38. The minimum absolute atomic E-state index is 0.660. The summed E-state index contributed by atoms with van der Waals surface area (Å²) in [6.45, 7) is 5.43. The van der Waals surface area contributed by atoms with Gasteiger partial charge in [0.1, 0.15) is 0 Å². The molecule has 0 saturated heterocycles. The molecule has 0 amide bonds. The van der Waals surface area contributed by atoms with Crippen molar-refractivity contribution in [1.82, 2.24) is 9.55 Å². The summed E-state index contributed by atoms with van der Waals surface area (Å²) in [5.41, 5.74) is 1.23. The zero-order chi connectivity index (χ0) is 8.97. The molecule has 0 N–H and O–H groups in total. The van der Waals surface area contributed by atoms with Gasteiger partial charge in [0.05, 0.1) is 6.33 Å². The van der Waals surface area contributed by atoms with Gasteiger partial charge < -0.3 is 4.57 Å². The summed E-state index contributed by atoms with van der Waals surface area (Å²) >= 11 is 5.66. The van der Waals surface area contributed by atoms with Gasteiger partial charge in [-0.3, -0.25) is 0 Å². The molecule has 0 atom stereocenters. The number of rotatable bonds is 4. The molecule has 0 aliphatic heterocycles. The van der Waals surface area contributed by atoms with E-state index in [1.165, 1.54) is 5.69 Å². The monoisotopic (exact) mass is 186 g/mol. The molecule has 2 nitrogen and oxygen atoms in total. The van der Waals surface area contributed by atoms with E-state index in [2.05, 4.69) is 23.4 Å². The van der Waals surface area contributed by atoms with Gasteiger partial charge in [-0.1, -0.05) is 13.8 Å². The van der Waals surface area contributed by atoms with Crippen LogP contribution in [0.5, 0.6) is 0 Å². The third kappa shape index (κ3) is 2.52. The number of nitrogens with zero attached hydrogens (tertiary/aromatic N) is 2. The predicted octanol–water partition coefficient (Wildman–Crippen LogP) is 2.32. The first-order valence-electron chi connectivity index (χ1n) is 4.29. The third-order valence-electron chi connectivity index (χ3n) is 1.71. The second-order valence-electron chi connectivity index (χ2n) is 3.37. The van der Waals surface area contributed by atoms with Gasteiger partial charge in [-0.2, -0.15) is 0 Å². The molecule has 12 heavy (non-hydrogen) atoms. The molecule has 0 unspecified atom stereocenters. The van der Waals surface area contributed by atoms with E-state index >= 15 is 0 Å². The van der Waals surface area contributed by atoms with Crippen LogP contribution in [-0.2, 0) is 13.0 Å². The number of aryl methyl sites for hydroxylation is 1. The number of hydrogen-bond acceptors (Lipinski definition) is 1. The summed E-state index contributed by atoms with van der Waals surface area (Å²) in [4.78, 5) is 4.10. The number of aromatic nitrogens is 2. The van der Waals surface area contributed by atoms with Crippen LogP contribution in [0.2, 0.25) is 0 Å². The third-order valence-corrected chi connectivity index (χ3v) is 1.90. The van der Waals surface area contributed by atoms with Crippen LogP contribution in [0.15, 0.2) is 12.5 Å². The molecule has 0 spiro atoms. The zero-order valence-electron chi connectivity index (χ0n) is 7.63. The van der Waals surface area contributed by atoms with Crippen molar-refractivity contribution in [2.75, 3.05) is 5.88 Å². The minimum Gasteiger partial charge on any atom is -0.334 e. The SMILES string of the molecule is CC(C)Cn1cncc1CCCl. The van der Waals surface area contributed by atoms with Gasteiger partial charge in [0.2, 0.25) is 0 Å². The maximum Gasteiger partial charge on any atom is 0.0948 e. The van der Waals surface area contributed by atoms with E-state index in [0.717, 1.165) is 13.0 Å². The molecule has 0 bridgehead atoms. The quantitative estimate of drug-likeness (QED) is 0.660. The van der Waals surface area contributed by atoms with Crippen LogP contribution in [0.4, 0.5) is 0 Å². The van der Waals surface area contributed by atoms with Gasteiger partial charge >= 0.3 is 0 Å². The first kappa shape index (κ1) is 9.59. The summed E-state index contributed by atoms with van der Waals surface area (Å²) in [5, 5.41) is 0. The van der Waals surface area contributed by atoms with E-state index in [9.17, 15) is 0 Å². The fraction of sp³-hybridized carbons (Fsp3) is 0.667. The van der Waals surface area contributed by atoms with Crippen molar-refractivity contribution < 1.29 is 0 Å². The predicted molar refractivity (Wildman–Crippen MR) is 51.5 cm³/mol. The van der Waals surface area contributed by atoms with Crippen LogP contribution in [0.3, 0.4) is 0 Å². The van der Waals surface area contributed by atoms with Crippen molar-refractivity contribution in [2.45, 2.75) is 26.8 Å². The van der Waals surface area contributed by atoms with E-state index in [4.69, 9.17) is 11.6 Å². The van der Waals surface area contributed by atoms with Gasteiger partial charge in [-0.05, 0) is 5.92 Å². The standard InChI is InChI=1S/C9H15ClN2/c1-8(2)6-12-7-11-5-9(12)3-4-10/h5,7-8H,3-4,6H2,1-2H3. The molecule has 0 radical (unpaired) electrons. The molecule has 0 fully saturated rings. The van der Waals surface area contributed by atoms with E-state index in [1.807, 2.05) is 12.5 Å². The molecule has 0 aromatic carbocycles. The Bertz CT molecular complexity index is 230. The Morgan fingerprint density at radius 3 is 2.92 bits per heavy atom. The number of alkyl halides is 1. The summed E-state index contributed by atoms with van der Waals surface area (Å²) in [6.07, 6.45) is 4.68. The number of hydrogen-bond donors (Lipinski definition) is 0. The van der Waals surface area contributed by atoms with Crippen LogP contribution in [-0.4, -0.2) is 15.4 Å². The summed E-state index contributed by atoms with van der Waals surface area (Å²) in [6, 6.07) is 0. The lowest BCUT2D eigenvalue weighted by atomic mass is 10.2. The van der Waals surface area contributed by atoms with Crippen molar-refractivity contribution in [3.05, 3.63) is 18.2 Å². The maximum atomic E-state index is 5.66. The van der Waals surface area contributed by atoms with Gasteiger partial charge in [-0.25, -0.2) is 4.98 Å². The van der Waals surface area contributed by atoms with Gasteiger partial charge in [0, 0.05) is 30.7 Å². The lowest BCUT2D eigenvalue weighted by molar-refractivity contribution is 0.511. The van der Waals surface area contributed by atoms with Crippen LogP contribution in [0.1, 0.15) is 19.5 Å². The van der Waals surface area contributed by atoms with Crippen LogP contribution >= 0.6 is 11.6 Å². The molecule has 1 aromatic heterocycles. The highest BCUT2D eigenvalue weighted by molar-refractivity contribution is 6.17. The molecular weight excluding hydrogens is 172 g/mol. The fourth-order valence-electron chi connectivity index (χ4n) is 1.21. The Morgan fingerprint density at radius 2 is 2.33 bits per heavy atom. The summed E-state index contributed by atoms with van der Waals surface area (Å²) < 4.78 is 2.17. The van der Waals surface area contributed by atoms with Gasteiger partial charge in [0.15, 0.2) is 0 Å². The van der Waals surface area contributed by atoms with E-state index in [0.29, 0.717) is 11.8 Å². The first-order valence-corrected chi connectivity index (χ1v) is 4.82. The normalized spacial score (nSPS) is 11.0. The highest BCUT2D eigenvalue weighted by atomic mass is 35.5. The number of halogens is 1. The van der Waals surface area contributed by atoms with E-state index in [-0.39, 0.29) is 0 Å². The highest BCUT2D eigenvalue weighted by Crippen LogP contribution is 2.05. The lowest BCUT2D eigenvalue weighted by Gasteiger charge is -2.08. The lowest BCUT2D eigenvalue weighted by Crippen LogP contribution is -2.07. The van der Waals surface area contributed by atoms with Crippen molar-refractivity contribution in [2.24, 2.45) is 5.92 Å². The van der Waals surface area contributed by atoms with Crippen LogP contribution < -0.4 is 0 Å². The van der Waals surface area contributed by atoms with Crippen molar-refractivity contribution >= 4 is 11.6 Å². The first-order chi connectivity index (χ1) is 5.74. The molecule has 1 heterocycles. The Hall–Kier alpha value is -0.500. The molecule has 3 heteroatoms. The molecular formula is C9H15ClN2. The average molecular weight is 187 g/mol. The van der Waals surface area contributed by atoms with Gasteiger partial charge in [0.25, 0.3) is 0 Å². The Labute approximate surface area is 78.6 Å².